The van der Waals surface area contributed by atoms with Crippen molar-refractivity contribution in [2.24, 2.45) is 0 Å². The summed E-state index contributed by atoms with van der Waals surface area (Å²) in [6, 6.07) is 4.64. The maximum atomic E-state index is 12.5. The minimum absolute atomic E-state index is 0.190. The third kappa shape index (κ3) is 2.76. The van der Waals surface area contributed by atoms with Crippen molar-refractivity contribution in [1.29, 1.82) is 0 Å². The predicted molar refractivity (Wildman–Crippen MR) is 81.3 cm³/mol. The van der Waals surface area contributed by atoms with E-state index in [2.05, 4.69) is 9.71 Å². The fourth-order valence-electron chi connectivity index (χ4n) is 2.85. The van der Waals surface area contributed by atoms with Gasteiger partial charge in [0, 0.05) is 28.8 Å². The highest BCUT2D eigenvalue weighted by Gasteiger charge is 2.29. The fourth-order valence-corrected chi connectivity index (χ4v) is 4.33. The van der Waals surface area contributed by atoms with E-state index in [9.17, 15) is 13.5 Å². The zero-order valence-electron chi connectivity index (χ0n) is 11.5. The number of H-pyrrole nitrogens is 1. The second-order valence-corrected chi connectivity index (χ2v) is 7.22. The van der Waals surface area contributed by atoms with Crippen molar-refractivity contribution in [3.8, 4) is 0 Å². The highest BCUT2D eigenvalue weighted by molar-refractivity contribution is 7.89. The Morgan fingerprint density at radius 2 is 2.05 bits per heavy atom. The molecular formula is C14H19N3O3S. The molecule has 0 saturated heterocycles. The van der Waals surface area contributed by atoms with Crippen molar-refractivity contribution in [3.63, 3.8) is 0 Å². The van der Waals surface area contributed by atoms with Gasteiger partial charge >= 0.3 is 0 Å². The van der Waals surface area contributed by atoms with Gasteiger partial charge < -0.3 is 15.8 Å². The van der Waals surface area contributed by atoms with Gasteiger partial charge in [-0.15, -0.1) is 0 Å². The van der Waals surface area contributed by atoms with E-state index in [0.717, 1.165) is 12.8 Å². The third-order valence-corrected chi connectivity index (χ3v) is 5.52. The van der Waals surface area contributed by atoms with Crippen LogP contribution in [-0.2, 0) is 10.0 Å². The van der Waals surface area contributed by atoms with Gasteiger partial charge in [0.2, 0.25) is 10.0 Å². The molecule has 2 unspecified atom stereocenters. The number of hydrogen-bond acceptors (Lipinski definition) is 4. The third-order valence-electron chi connectivity index (χ3n) is 3.99. The Labute approximate surface area is 123 Å². The molecule has 2 atom stereocenters. The zero-order chi connectivity index (χ0) is 15.0. The molecule has 3 rings (SSSR count). The Hall–Kier alpha value is -1.57. The molecule has 1 aromatic carbocycles. The average molecular weight is 309 g/mol. The number of aliphatic hydroxyl groups is 1. The van der Waals surface area contributed by atoms with Crippen molar-refractivity contribution in [1.82, 2.24) is 9.71 Å². The summed E-state index contributed by atoms with van der Waals surface area (Å²) in [7, 11) is -3.67. The number of sulfonamides is 1. The monoisotopic (exact) mass is 309 g/mol. The van der Waals surface area contributed by atoms with Crippen LogP contribution in [0.3, 0.4) is 0 Å². The van der Waals surface area contributed by atoms with E-state index in [1.165, 1.54) is 6.20 Å². The number of benzene rings is 1. The van der Waals surface area contributed by atoms with Gasteiger partial charge in [-0.3, -0.25) is 0 Å². The van der Waals surface area contributed by atoms with Crippen molar-refractivity contribution in [3.05, 3.63) is 24.4 Å². The summed E-state index contributed by atoms with van der Waals surface area (Å²) in [6.07, 6.45) is 4.00. The molecule has 0 amide bonds. The van der Waals surface area contributed by atoms with Crippen LogP contribution in [0.5, 0.6) is 0 Å². The SMILES string of the molecule is Nc1ccc2c(S(=O)(=O)NC3CCCCC3O)c[nH]c2c1. The molecule has 5 N–H and O–H groups in total. The first-order valence-corrected chi connectivity index (χ1v) is 8.53. The van der Waals surface area contributed by atoms with Crippen LogP contribution < -0.4 is 10.5 Å². The lowest BCUT2D eigenvalue weighted by Crippen LogP contribution is -2.44. The standard InChI is InChI=1S/C14H19N3O3S/c15-9-5-6-10-12(7-9)16-8-14(10)21(19,20)17-11-3-1-2-4-13(11)18/h5-8,11,13,16-18H,1-4,15H2. The molecule has 0 bridgehead atoms. The zero-order valence-corrected chi connectivity index (χ0v) is 12.4. The summed E-state index contributed by atoms with van der Waals surface area (Å²) < 4.78 is 27.7. The molecule has 0 radical (unpaired) electrons. The van der Waals surface area contributed by atoms with Gasteiger partial charge in [-0.1, -0.05) is 12.8 Å². The number of anilines is 1. The first-order chi connectivity index (χ1) is 9.97. The second-order valence-electron chi connectivity index (χ2n) is 5.54. The normalized spacial score (nSPS) is 23.5. The molecule has 21 heavy (non-hydrogen) atoms. The summed E-state index contributed by atoms with van der Waals surface area (Å²) in [5.41, 5.74) is 6.94. The fraction of sp³-hybridized carbons (Fsp3) is 0.429. The van der Waals surface area contributed by atoms with Gasteiger partial charge in [0.05, 0.1) is 6.10 Å². The number of rotatable bonds is 3. The Kier molecular flexibility index (Phi) is 3.64. The number of nitrogens with one attached hydrogen (secondary N) is 2. The molecule has 1 aliphatic rings. The number of nitrogens with two attached hydrogens (primary N) is 1. The predicted octanol–water partition coefficient (Wildman–Crippen LogP) is 1.33. The molecule has 114 valence electrons. The van der Waals surface area contributed by atoms with E-state index in [4.69, 9.17) is 5.73 Å². The lowest BCUT2D eigenvalue weighted by atomic mass is 9.93. The average Bonchev–Trinajstić information content (AvgIpc) is 2.85. The molecule has 0 spiro atoms. The van der Waals surface area contributed by atoms with E-state index >= 15 is 0 Å². The van der Waals surface area contributed by atoms with Crippen LogP contribution >= 0.6 is 0 Å². The van der Waals surface area contributed by atoms with Crippen LogP contribution in [0.1, 0.15) is 25.7 Å². The van der Waals surface area contributed by atoms with Gasteiger partial charge in [-0.05, 0) is 31.0 Å². The maximum Gasteiger partial charge on any atom is 0.243 e. The summed E-state index contributed by atoms with van der Waals surface area (Å²) in [5, 5.41) is 10.5. The molecule has 7 heteroatoms. The van der Waals surface area contributed by atoms with Crippen molar-refractivity contribution in [2.45, 2.75) is 42.7 Å². The summed E-state index contributed by atoms with van der Waals surface area (Å²) in [6.45, 7) is 0. The van der Waals surface area contributed by atoms with E-state index in [1.54, 1.807) is 18.2 Å². The number of aliphatic hydroxyl groups excluding tert-OH is 1. The quantitative estimate of drug-likeness (QED) is 0.641. The molecule has 1 aliphatic carbocycles. The molecule has 0 aliphatic heterocycles. The first-order valence-electron chi connectivity index (χ1n) is 7.04. The summed E-state index contributed by atoms with van der Waals surface area (Å²) >= 11 is 0. The van der Waals surface area contributed by atoms with E-state index < -0.39 is 22.2 Å². The van der Waals surface area contributed by atoms with Crippen LogP contribution in [0.25, 0.3) is 10.9 Å². The van der Waals surface area contributed by atoms with Gasteiger partial charge in [-0.2, -0.15) is 0 Å². The van der Waals surface area contributed by atoms with E-state index in [-0.39, 0.29) is 4.90 Å². The summed E-state index contributed by atoms with van der Waals surface area (Å²) in [4.78, 5) is 3.11. The Balaban J connectivity index is 1.93. The Bertz CT molecular complexity index is 754. The lowest BCUT2D eigenvalue weighted by Gasteiger charge is -2.27. The van der Waals surface area contributed by atoms with Gasteiger partial charge in [-0.25, -0.2) is 13.1 Å². The van der Waals surface area contributed by atoms with Crippen LogP contribution in [0, 0.1) is 0 Å². The first kappa shape index (κ1) is 14.4. The lowest BCUT2D eigenvalue weighted by molar-refractivity contribution is 0.101. The minimum atomic E-state index is -3.67. The van der Waals surface area contributed by atoms with E-state index in [1.807, 2.05) is 0 Å². The molecule has 1 aromatic heterocycles. The number of nitrogen functional groups attached to an aromatic ring is 1. The van der Waals surface area contributed by atoms with Crippen molar-refractivity contribution >= 4 is 26.6 Å². The number of aromatic nitrogens is 1. The van der Waals surface area contributed by atoms with Gasteiger partial charge in [0.25, 0.3) is 0 Å². The van der Waals surface area contributed by atoms with Crippen LogP contribution in [0.4, 0.5) is 5.69 Å². The molecule has 1 fully saturated rings. The van der Waals surface area contributed by atoms with Crippen molar-refractivity contribution < 1.29 is 13.5 Å². The van der Waals surface area contributed by atoms with Crippen LogP contribution in [-0.4, -0.2) is 30.7 Å². The molecule has 6 nitrogen and oxygen atoms in total. The topological polar surface area (TPSA) is 108 Å². The minimum Gasteiger partial charge on any atom is -0.399 e. The van der Waals surface area contributed by atoms with Gasteiger partial charge in [0.15, 0.2) is 0 Å². The molecular weight excluding hydrogens is 290 g/mol. The second kappa shape index (κ2) is 5.32. The van der Waals surface area contributed by atoms with E-state index in [0.29, 0.717) is 29.4 Å². The smallest absolute Gasteiger partial charge is 0.243 e. The number of aromatic amines is 1. The number of hydrogen-bond donors (Lipinski definition) is 4. The Morgan fingerprint density at radius 3 is 2.81 bits per heavy atom. The largest absolute Gasteiger partial charge is 0.399 e. The summed E-state index contributed by atoms with van der Waals surface area (Å²) in [5.74, 6) is 0. The Morgan fingerprint density at radius 1 is 1.29 bits per heavy atom. The highest BCUT2D eigenvalue weighted by atomic mass is 32.2. The maximum absolute atomic E-state index is 12.5. The van der Waals surface area contributed by atoms with Crippen molar-refractivity contribution in [2.75, 3.05) is 5.73 Å². The highest BCUT2D eigenvalue weighted by Crippen LogP contribution is 2.26. The molecule has 1 saturated carbocycles. The van der Waals surface area contributed by atoms with Gasteiger partial charge in [0.1, 0.15) is 4.90 Å². The van der Waals surface area contributed by atoms with Crippen LogP contribution in [0.15, 0.2) is 29.3 Å². The van der Waals surface area contributed by atoms with Crippen LogP contribution in [0.2, 0.25) is 0 Å². The number of fused-ring (bicyclic) bond motifs is 1. The molecule has 1 heterocycles. The molecule has 2 aromatic rings.